The van der Waals surface area contributed by atoms with Crippen LogP contribution in [0.25, 0.3) is 0 Å². The van der Waals surface area contributed by atoms with E-state index in [4.69, 9.17) is 10.5 Å². The lowest BCUT2D eigenvalue weighted by molar-refractivity contribution is -0.133. The Labute approximate surface area is 141 Å². The average Bonchev–Trinajstić information content (AvgIpc) is 2.92. The molecule has 1 aliphatic rings. The predicted octanol–water partition coefficient (Wildman–Crippen LogP) is 1.30. The van der Waals surface area contributed by atoms with Crippen LogP contribution >= 0.6 is 0 Å². The summed E-state index contributed by atoms with van der Waals surface area (Å²) in [7, 11) is 0. The third kappa shape index (κ3) is 3.82. The second kappa shape index (κ2) is 7.57. The topological polar surface area (TPSA) is 84.6 Å². The van der Waals surface area contributed by atoms with E-state index in [2.05, 4.69) is 5.32 Å². The first-order valence-electron chi connectivity index (χ1n) is 8.08. The summed E-state index contributed by atoms with van der Waals surface area (Å²) in [6.45, 7) is 0.315. The van der Waals surface area contributed by atoms with Crippen LogP contribution in [0.4, 0.5) is 0 Å². The highest BCUT2D eigenvalue weighted by Crippen LogP contribution is 2.29. The number of carbonyl (C=O) groups is 1. The lowest BCUT2D eigenvalue weighted by Gasteiger charge is -2.20. The molecule has 1 aliphatic carbocycles. The van der Waals surface area contributed by atoms with Gasteiger partial charge in [0.2, 0.25) is 0 Å². The van der Waals surface area contributed by atoms with Gasteiger partial charge in [-0.15, -0.1) is 0 Å². The molecule has 0 saturated heterocycles. The molecule has 0 bridgehead atoms. The van der Waals surface area contributed by atoms with Crippen molar-refractivity contribution in [2.24, 2.45) is 5.73 Å². The van der Waals surface area contributed by atoms with Crippen molar-refractivity contribution in [2.75, 3.05) is 6.61 Å². The highest BCUT2D eigenvalue weighted by atomic mass is 16.5. The molecule has 0 spiro atoms. The lowest BCUT2D eigenvalue weighted by atomic mass is 10.1. The molecule has 126 valence electrons. The quantitative estimate of drug-likeness (QED) is 0.747. The summed E-state index contributed by atoms with van der Waals surface area (Å²) in [5, 5.41) is 12.8. The van der Waals surface area contributed by atoms with Crippen LogP contribution in [0.3, 0.4) is 0 Å². The maximum atomic E-state index is 12.1. The summed E-state index contributed by atoms with van der Waals surface area (Å²) < 4.78 is 5.41. The van der Waals surface area contributed by atoms with E-state index in [9.17, 15) is 9.90 Å². The molecular formula is C19H22N2O3. The van der Waals surface area contributed by atoms with Gasteiger partial charge in [0.05, 0.1) is 25.3 Å². The Morgan fingerprint density at radius 2 is 1.92 bits per heavy atom. The Morgan fingerprint density at radius 1 is 1.21 bits per heavy atom. The van der Waals surface area contributed by atoms with Gasteiger partial charge in [-0.3, -0.25) is 4.79 Å². The number of nitrogens with one attached hydrogen (secondary N) is 1. The number of aliphatic hydroxyl groups excluding tert-OH is 1. The maximum absolute atomic E-state index is 12.1. The fourth-order valence-electron chi connectivity index (χ4n) is 2.98. The number of fused-ring (bicyclic) bond motifs is 1. The minimum Gasteiger partial charge on any atom is -0.381 e. The fourth-order valence-corrected chi connectivity index (χ4v) is 2.98. The predicted molar refractivity (Wildman–Crippen MR) is 91.1 cm³/mol. The molecule has 0 unspecified atom stereocenters. The number of carbonyl (C=O) groups excluding carboxylic acids is 1. The van der Waals surface area contributed by atoms with Crippen LogP contribution in [0.2, 0.25) is 0 Å². The summed E-state index contributed by atoms with van der Waals surface area (Å²) in [4.78, 5) is 12.1. The van der Waals surface area contributed by atoms with E-state index in [0.717, 1.165) is 16.7 Å². The van der Waals surface area contributed by atoms with Gasteiger partial charge >= 0.3 is 0 Å². The Kier molecular flexibility index (Phi) is 5.25. The lowest BCUT2D eigenvalue weighted by Crippen LogP contribution is -2.46. The van der Waals surface area contributed by atoms with E-state index in [1.54, 1.807) is 0 Å². The fraction of sp³-hybridized carbons (Fsp3) is 0.316. The van der Waals surface area contributed by atoms with Crippen molar-refractivity contribution in [1.29, 1.82) is 0 Å². The Balaban J connectivity index is 1.47. The molecule has 2 aromatic rings. The van der Waals surface area contributed by atoms with Gasteiger partial charge in [0.1, 0.15) is 0 Å². The van der Waals surface area contributed by atoms with E-state index < -0.39 is 12.0 Å². The van der Waals surface area contributed by atoms with E-state index in [1.165, 1.54) is 0 Å². The monoisotopic (exact) mass is 326 g/mol. The molecule has 1 amide bonds. The molecule has 2 aromatic carbocycles. The molecule has 24 heavy (non-hydrogen) atoms. The summed E-state index contributed by atoms with van der Waals surface area (Å²) >= 11 is 0. The second-order valence-corrected chi connectivity index (χ2v) is 6.06. The normalized spacial score (nSPS) is 20.4. The molecule has 3 atom stereocenters. The highest BCUT2D eigenvalue weighted by molar-refractivity contribution is 5.81. The van der Waals surface area contributed by atoms with Gasteiger partial charge in [-0.05, 0) is 23.1 Å². The van der Waals surface area contributed by atoms with Crippen molar-refractivity contribution in [2.45, 2.75) is 31.2 Å². The molecule has 0 radical (unpaired) electrons. The first-order valence-corrected chi connectivity index (χ1v) is 8.08. The van der Waals surface area contributed by atoms with Crippen molar-refractivity contribution in [3.8, 4) is 0 Å². The smallest absolute Gasteiger partial charge is 0.251 e. The largest absolute Gasteiger partial charge is 0.381 e. The molecule has 5 heteroatoms. The summed E-state index contributed by atoms with van der Waals surface area (Å²) in [6.07, 6.45) is -0.523. The van der Waals surface area contributed by atoms with Gasteiger partial charge in [-0.1, -0.05) is 54.6 Å². The number of benzene rings is 2. The van der Waals surface area contributed by atoms with Crippen LogP contribution in [-0.2, 0) is 22.6 Å². The van der Waals surface area contributed by atoms with Gasteiger partial charge in [0.15, 0.2) is 6.10 Å². The van der Waals surface area contributed by atoms with Crippen LogP contribution in [0, 0.1) is 0 Å². The first-order chi connectivity index (χ1) is 11.6. The third-order valence-electron chi connectivity index (χ3n) is 4.31. The summed E-state index contributed by atoms with van der Waals surface area (Å²) in [6, 6.07) is 17.1. The molecule has 4 N–H and O–H groups in total. The molecule has 0 aromatic heterocycles. The van der Waals surface area contributed by atoms with Crippen molar-refractivity contribution in [3.63, 3.8) is 0 Å². The van der Waals surface area contributed by atoms with Crippen LogP contribution < -0.4 is 11.1 Å². The number of amides is 1. The molecule has 0 heterocycles. The standard InChI is InChI=1S/C19H22N2O3/c20-18-15-9-5-4-8-14(15)10-16(18)21-19(23)17(22)12-24-11-13-6-2-1-3-7-13/h1-9,16-18,22H,10-12,20H2,(H,21,23)/t16-,17-,18-/m1/s1. The molecule has 0 saturated carbocycles. The van der Waals surface area contributed by atoms with Gasteiger partial charge in [-0.25, -0.2) is 0 Å². The Morgan fingerprint density at radius 3 is 2.67 bits per heavy atom. The van der Waals surface area contributed by atoms with Crippen molar-refractivity contribution < 1.29 is 14.6 Å². The average molecular weight is 326 g/mol. The zero-order valence-corrected chi connectivity index (χ0v) is 13.4. The van der Waals surface area contributed by atoms with E-state index in [0.29, 0.717) is 13.0 Å². The number of nitrogens with two attached hydrogens (primary N) is 1. The van der Waals surface area contributed by atoms with Crippen LogP contribution in [0.1, 0.15) is 22.7 Å². The van der Waals surface area contributed by atoms with Crippen molar-refractivity contribution in [1.82, 2.24) is 5.32 Å². The van der Waals surface area contributed by atoms with Gasteiger partial charge in [-0.2, -0.15) is 0 Å². The number of ether oxygens (including phenoxy) is 1. The van der Waals surface area contributed by atoms with E-state index in [1.807, 2.05) is 54.6 Å². The molecular weight excluding hydrogens is 304 g/mol. The molecule has 5 nitrogen and oxygen atoms in total. The zero-order valence-electron chi connectivity index (χ0n) is 13.4. The minimum absolute atomic E-state index is 0.0460. The maximum Gasteiger partial charge on any atom is 0.251 e. The molecule has 0 fully saturated rings. The van der Waals surface area contributed by atoms with Gasteiger partial charge < -0.3 is 20.9 Å². The minimum atomic E-state index is -1.20. The van der Waals surface area contributed by atoms with Crippen molar-refractivity contribution >= 4 is 5.91 Å². The Hall–Kier alpha value is -2.21. The SMILES string of the molecule is N[C@@H]1c2ccccc2C[C@H]1NC(=O)[C@H](O)COCc1ccccc1. The number of hydrogen-bond donors (Lipinski definition) is 3. The summed E-state index contributed by atoms with van der Waals surface area (Å²) in [5.41, 5.74) is 9.38. The summed E-state index contributed by atoms with van der Waals surface area (Å²) in [5.74, 6) is -0.448. The second-order valence-electron chi connectivity index (χ2n) is 6.06. The van der Waals surface area contributed by atoms with Crippen LogP contribution in [0.5, 0.6) is 0 Å². The van der Waals surface area contributed by atoms with E-state index >= 15 is 0 Å². The number of hydrogen-bond acceptors (Lipinski definition) is 4. The highest BCUT2D eigenvalue weighted by Gasteiger charge is 2.31. The number of aliphatic hydroxyl groups is 1. The van der Waals surface area contributed by atoms with E-state index in [-0.39, 0.29) is 18.7 Å². The number of rotatable bonds is 6. The molecule has 3 rings (SSSR count). The van der Waals surface area contributed by atoms with Crippen LogP contribution in [0.15, 0.2) is 54.6 Å². The van der Waals surface area contributed by atoms with Gasteiger partial charge in [0.25, 0.3) is 5.91 Å². The van der Waals surface area contributed by atoms with Crippen molar-refractivity contribution in [3.05, 3.63) is 71.3 Å². The third-order valence-corrected chi connectivity index (χ3v) is 4.31. The molecule has 0 aliphatic heterocycles. The zero-order chi connectivity index (χ0) is 16.9. The first kappa shape index (κ1) is 16.6. The van der Waals surface area contributed by atoms with Crippen LogP contribution in [-0.4, -0.2) is 29.8 Å². The Bertz CT molecular complexity index is 690. The van der Waals surface area contributed by atoms with Gasteiger partial charge in [0, 0.05) is 0 Å².